The lowest BCUT2D eigenvalue weighted by Crippen LogP contribution is -2.51. The van der Waals surface area contributed by atoms with Gasteiger partial charge in [0.15, 0.2) is 0 Å². The van der Waals surface area contributed by atoms with Crippen LogP contribution in [0.5, 0.6) is 0 Å². The Morgan fingerprint density at radius 1 is 1.09 bits per heavy atom. The van der Waals surface area contributed by atoms with Crippen LogP contribution in [-0.2, 0) is 0 Å². The van der Waals surface area contributed by atoms with Crippen molar-refractivity contribution in [2.45, 2.75) is 19.6 Å². The van der Waals surface area contributed by atoms with E-state index in [0.29, 0.717) is 0 Å². The van der Waals surface area contributed by atoms with Gasteiger partial charge in [0.2, 0.25) is 0 Å². The van der Waals surface area contributed by atoms with Crippen molar-refractivity contribution >= 4 is 50.8 Å². The molecule has 6 heteroatoms. The fraction of sp³-hybridized carbons (Fsp3) is 1.00. The van der Waals surface area contributed by atoms with E-state index in [-0.39, 0.29) is 0 Å². The molecule has 0 aliphatic heterocycles. The smallest absolute Gasteiger partial charge is 0.143 e. The molecular weight excluding hydrogens is 229 g/mol. The third-order valence-electron chi connectivity index (χ3n) is 1.11. The first kappa shape index (κ1) is 12.2. The molecule has 0 atom stereocenters. The van der Waals surface area contributed by atoms with Gasteiger partial charge in [-0.05, 0) is 0 Å². The number of halogens is 2. The maximum Gasteiger partial charge on any atom is 0.143 e. The summed E-state index contributed by atoms with van der Waals surface area (Å²) < 4.78 is 2.48. The summed E-state index contributed by atoms with van der Waals surface area (Å²) in [7, 11) is 0.366. The summed E-state index contributed by atoms with van der Waals surface area (Å²) in [5, 5.41) is 0. The highest BCUT2D eigenvalue weighted by Crippen LogP contribution is 2.06. The Morgan fingerprint density at radius 3 is 1.64 bits per heavy atom. The molecule has 0 amide bonds. The van der Waals surface area contributed by atoms with Crippen molar-refractivity contribution in [1.82, 2.24) is 3.90 Å². The Kier molecular flexibility index (Phi) is 6.40. The van der Waals surface area contributed by atoms with Crippen LogP contribution in [0.3, 0.4) is 0 Å². The van der Waals surface area contributed by atoms with E-state index in [2.05, 4.69) is 23.5 Å². The molecule has 0 bridgehead atoms. The lowest BCUT2D eigenvalue weighted by Gasteiger charge is -2.32. The fourth-order valence-corrected chi connectivity index (χ4v) is 8.00. The Bertz CT molecular complexity index is 100. The summed E-state index contributed by atoms with van der Waals surface area (Å²) in [6.07, 6.45) is 0. The summed E-state index contributed by atoms with van der Waals surface area (Å²) >= 11 is 11.4. The zero-order valence-corrected chi connectivity index (χ0v) is 11.6. The van der Waals surface area contributed by atoms with E-state index >= 15 is 0 Å². The molecule has 0 aromatic rings. The minimum Gasteiger partial charge on any atom is -0.371 e. The summed E-state index contributed by atoms with van der Waals surface area (Å²) in [5.41, 5.74) is 1.49. The molecule has 0 N–H and O–H groups in total. The van der Waals surface area contributed by atoms with Crippen LogP contribution in [0.1, 0.15) is 0 Å². The van der Waals surface area contributed by atoms with Gasteiger partial charge >= 0.3 is 0 Å². The van der Waals surface area contributed by atoms with Crippen molar-refractivity contribution in [2.75, 3.05) is 11.0 Å². The van der Waals surface area contributed by atoms with Gasteiger partial charge in [0.05, 0.1) is 0 Å². The van der Waals surface area contributed by atoms with Crippen molar-refractivity contribution in [2.24, 2.45) is 0 Å². The lowest BCUT2D eigenvalue weighted by molar-refractivity contribution is 1.01. The van der Waals surface area contributed by atoms with Crippen molar-refractivity contribution in [3.63, 3.8) is 0 Å². The SMILES string of the molecule is C[Si](C)(C)N([Si]CCl)[Si]CCl. The maximum absolute atomic E-state index is 5.69. The molecule has 0 aliphatic carbocycles. The number of rotatable bonds is 5. The number of hydrogen-bond acceptors (Lipinski definition) is 1. The fourth-order valence-electron chi connectivity index (χ4n) is 0.650. The quantitative estimate of drug-likeness (QED) is 0.524. The molecule has 1 nitrogen and oxygen atoms in total. The van der Waals surface area contributed by atoms with Crippen LogP contribution in [-0.4, -0.2) is 42.5 Å². The average molecular weight is 242 g/mol. The maximum atomic E-state index is 5.69. The van der Waals surface area contributed by atoms with E-state index in [9.17, 15) is 0 Å². The predicted molar refractivity (Wildman–Crippen MR) is 58.1 cm³/mol. The van der Waals surface area contributed by atoms with Gasteiger partial charge in [-0.3, -0.25) is 0 Å². The first-order valence-corrected chi connectivity index (χ1v) is 10.2. The average Bonchev–Trinajstić information content (AvgIpc) is 1.85. The molecule has 4 radical (unpaired) electrons. The highest BCUT2D eigenvalue weighted by Gasteiger charge is 2.22. The monoisotopic (exact) mass is 241 g/mol. The van der Waals surface area contributed by atoms with E-state index in [4.69, 9.17) is 23.2 Å². The summed E-state index contributed by atoms with van der Waals surface area (Å²) in [6, 6.07) is 0. The van der Waals surface area contributed by atoms with Gasteiger partial charge in [-0.2, -0.15) is 0 Å². The Morgan fingerprint density at radius 2 is 1.45 bits per heavy atom. The van der Waals surface area contributed by atoms with Gasteiger partial charge in [0.1, 0.15) is 27.6 Å². The van der Waals surface area contributed by atoms with E-state index in [0.717, 1.165) is 30.4 Å². The number of nitrogens with zero attached hydrogens (tertiary/aromatic N) is 1. The van der Waals surface area contributed by atoms with Crippen LogP contribution in [0.2, 0.25) is 19.6 Å². The molecule has 0 rings (SSSR count). The first-order chi connectivity index (χ1) is 5.02. The highest BCUT2D eigenvalue weighted by atomic mass is 35.5. The van der Waals surface area contributed by atoms with E-state index in [1.807, 2.05) is 0 Å². The third kappa shape index (κ3) is 5.43. The Labute approximate surface area is 85.3 Å². The van der Waals surface area contributed by atoms with Gasteiger partial charge in [0, 0.05) is 11.0 Å². The highest BCUT2D eigenvalue weighted by molar-refractivity contribution is 6.87. The molecular formula is C5H13Cl2NSi3. The van der Waals surface area contributed by atoms with Crippen molar-refractivity contribution in [3.05, 3.63) is 0 Å². The molecule has 0 saturated carbocycles. The van der Waals surface area contributed by atoms with E-state index < -0.39 is 8.24 Å². The lowest BCUT2D eigenvalue weighted by atomic mass is 11.8. The van der Waals surface area contributed by atoms with Gasteiger partial charge < -0.3 is 3.90 Å². The molecule has 0 unspecified atom stereocenters. The molecule has 64 valence electrons. The second-order valence-corrected chi connectivity index (χ2v) is 12.9. The topological polar surface area (TPSA) is 3.24 Å². The van der Waals surface area contributed by atoms with Crippen molar-refractivity contribution in [1.29, 1.82) is 0 Å². The molecule has 11 heavy (non-hydrogen) atoms. The summed E-state index contributed by atoms with van der Waals surface area (Å²) in [5.74, 6) is 0. The summed E-state index contributed by atoms with van der Waals surface area (Å²) in [6.45, 7) is 6.98. The number of hydrogen-bond donors (Lipinski definition) is 0. The van der Waals surface area contributed by atoms with Crippen molar-refractivity contribution < 1.29 is 0 Å². The molecule has 0 fully saturated rings. The minimum atomic E-state index is -1.14. The standard InChI is InChI=1S/C5H13Cl2NSi3/c1-11(2,3)8(9-4-6)10-5-7/h4-5H2,1-3H3. The minimum absolute atomic E-state index is 0.744. The van der Waals surface area contributed by atoms with Gasteiger partial charge in [-0.1, -0.05) is 19.6 Å². The van der Waals surface area contributed by atoms with E-state index in [1.165, 1.54) is 0 Å². The van der Waals surface area contributed by atoms with Crippen LogP contribution < -0.4 is 0 Å². The van der Waals surface area contributed by atoms with Crippen LogP contribution >= 0.6 is 23.2 Å². The first-order valence-electron chi connectivity index (χ1n) is 3.41. The normalized spacial score (nSPS) is 12.5. The zero-order chi connectivity index (χ0) is 8.91. The van der Waals surface area contributed by atoms with Gasteiger partial charge in [-0.25, -0.2) is 0 Å². The Hall–Kier alpha value is 1.19. The van der Waals surface area contributed by atoms with Crippen LogP contribution in [0.25, 0.3) is 0 Å². The Balaban J connectivity index is 3.88. The second kappa shape index (κ2) is 5.77. The third-order valence-corrected chi connectivity index (χ3v) is 9.96. The van der Waals surface area contributed by atoms with Crippen molar-refractivity contribution in [3.8, 4) is 0 Å². The van der Waals surface area contributed by atoms with E-state index in [1.54, 1.807) is 0 Å². The largest absolute Gasteiger partial charge is 0.371 e. The second-order valence-electron chi connectivity index (χ2n) is 3.09. The molecule has 0 heterocycles. The predicted octanol–water partition coefficient (Wildman–Crippen LogP) is 1.75. The summed E-state index contributed by atoms with van der Waals surface area (Å²) in [4.78, 5) is 0. The van der Waals surface area contributed by atoms with Crippen LogP contribution in [0.15, 0.2) is 0 Å². The molecule has 0 saturated heterocycles. The molecule has 0 aromatic heterocycles. The number of alkyl halides is 2. The molecule has 0 aliphatic rings. The van der Waals surface area contributed by atoms with Crippen LogP contribution in [0.4, 0.5) is 0 Å². The molecule has 0 aromatic carbocycles. The van der Waals surface area contributed by atoms with Gasteiger partial charge in [-0.15, -0.1) is 23.2 Å². The van der Waals surface area contributed by atoms with Crippen LogP contribution in [0, 0.1) is 0 Å². The zero-order valence-electron chi connectivity index (χ0n) is 7.12. The van der Waals surface area contributed by atoms with Gasteiger partial charge in [0.25, 0.3) is 0 Å². The molecule has 0 spiro atoms.